The SMILES string of the molecule is C[C@H](N)c1ccc(OCc2cccc3ccccc23)cc1. The number of rotatable bonds is 4. The molecule has 0 amide bonds. The van der Waals surface area contributed by atoms with Crippen LogP contribution in [-0.4, -0.2) is 0 Å². The molecule has 21 heavy (non-hydrogen) atoms. The van der Waals surface area contributed by atoms with E-state index in [9.17, 15) is 0 Å². The van der Waals surface area contributed by atoms with Crippen LogP contribution in [0.2, 0.25) is 0 Å². The van der Waals surface area contributed by atoms with E-state index < -0.39 is 0 Å². The van der Waals surface area contributed by atoms with Crippen LogP contribution in [0.25, 0.3) is 10.8 Å². The summed E-state index contributed by atoms with van der Waals surface area (Å²) in [6.07, 6.45) is 0. The van der Waals surface area contributed by atoms with Crippen LogP contribution in [0, 0.1) is 0 Å². The highest BCUT2D eigenvalue weighted by Crippen LogP contribution is 2.21. The van der Waals surface area contributed by atoms with E-state index in [2.05, 4.69) is 42.5 Å². The summed E-state index contributed by atoms with van der Waals surface area (Å²) in [5, 5.41) is 2.48. The Morgan fingerprint density at radius 3 is 2.38 bits per heavy atom. The van der Waals surface area contributed by atoms with Crippen molar-refractivity contribution in [1.82, 2.24) is 0 Å². The van der Waals surface area contributed by atoms with Gasteiger partial charge in [0, 0.05) is 6.04 Å². The Bertz CT molecular complexity index is 727. The van der Waals surface area contributed by atoms with Crippen LogP contribution in [0.1, 0.15) is 24.1 Å². The summed E-state index contributed by atoms with van der Waals surface area (Å²) in [7, 11) is 0. The molecular formula is C19H19NO. The smallest absolute Gasteiger partial charge is 0.119 e. The fourth-order valence-corrected chi connectivity index (χ4v) is 2.45. The molecule has 3 rings (SSSR count). The Morgan fingerprint density at radius 1 is 0.905 bits per heavy atom. The predicted molar refractivity (Wildman–Crippen MR) is 87.3 cm³/mol. The Hall–Kier alpha value is -2.32. The van der Waals surface area contributed by atoms with Gasteiger partial charge in [-0.25, -0.2) is 0 Å². The van der Waals surface area contributed by atoms with Gasteiger partial charge in [-0.05, 0) is 41.0 Å². The van der Waals surface area contributed by atoms with Crippen LogP contribution < -0.4 is 10.5 Å². The first kappa shape index (κ1) is 13.7. The summed E-state index contributed by atoms with van der Waals surface area (Å²) in [5.41, 5.74) is 8.17. The molecule has 0 unspecified atom stereocenters. The Morgan fingerprint density at radius 2 is 1.62 bits per heavy atom. The maximum Gasteiger partial charge on any atom is 0.119 e. The van der Waals surface area contributed by atoms with Gasteiger partial charge in [-0.2, -0.15) is 0 Å². The zero-order chi connectivity index (χ0) is 14.7. The second-order valence-corrected chi connectivity index (χ2v) is 5.28. The average molecular weight is 277 g/mol. The summed E-state index contributed by atoms with van der Waals surface area (Å²) >= 11 is 0. The van der Waals surface area contributed by atoms with Crippen molar-refractivity contribution in [3.05, 3.63) is 77.9 Å². The molecule has 106 valence electrons. The molecule has 0 radical (unpaired) electrons. The van der Waals surface area contributed by atoms with Crippen LogP contribution in [0.15, 0.2) is 66.7 Å². The number of ether oxygens (including phenoxy) is 1. The molecule has 0 aliphatic carbocycles. The summed E-state index contributed by atoms with van der Waals surface area (Å²) in [6, 6.07) is 22.7. The second-order valence-electron chi connectivity index (χ2n) is 5.28. The van der Waals surface area contributed by atoms with Gasteiger partial charge >= 0.3 is 0 Å². The van der Waals surface area contributed by atoms with Gasteiger partial charge in [-0.1, -0.05) is 54.6 Å². The minimum atomic E-state index is 0.0529. The fraction of sp³-hybridized carbons (Fsp3) is 0.158. The zero-order valence-corrected chi connectivity index (χ0v) is 12.1. The molecule has 1 atom stereocenters. The van der Waals surface area contributed by atoms with Crippen LogP contribution >= 0.6 is 0 Å². The Kier molecular flexibility index (Phi) is 3.89. The molecule has 2 heteroatoms. The molecule has 2 N–H and O–H groups in total. The lowest BCUT2D eigenvalue weighted by Gasteiger charge is -2.10. The van der Waals surface area contributed by atoms with Gasteiger partial charge in [0.1, 0.15) is 12.4 Å². The van der Waals surface area contributed by atoms with Crippen molar-refractivity contribution in [2.45, 2.75) is 19.6 Å². The topological polar surface area (TPSA) is 35.2 Å². The zero-order valence-electron chi connectivity index (χ0n) is 12.1. The van der Waals surface area contributed by atoms with E-state index in [1.54, 1.807) is 0 Å². The molecule has 0 heterocycles. The monoisotopic (exact) mass is 277 g/mol. The van der Waals surface area contributed by atoms with Crippen molar-refractivity contribution < 1.29 is 4.74 Å². The maximum atomic E-state index is 5.89. The lowest BCUT2D eigenvalue weighted by Crippen LogP contribution is -2.04. The van der Waals surface area contributed by atoms with Crippen LogP contribution in [0.5, 0.6) is 5.75 Å². The van der Waals surface area contributed by atoms with Crippen LogP contribution in [0.4, 0.5) is 0 Å². The highest BCUT2D eigenvalue weighted by molar-refractivity contribution is 5.85. The number of nitrogens with two attached hydrogens (primary N) is 1. The molecule has 0 spiro atoms. The second kappa shape index (κ2) is 5.98. The number of fused-ring (bicyclic) bond motifs is 1. The molecule has 0 aromatic heterocycles. The first-order valence-electron chi connectivity index (χ1n) is 7.19. The number of hydrogen-bond donors (Lipinski definition) is 1. The van der Waals surface area contributed by atoms with Crippen molar-refractivity contribution in [3.63, 3.8) is 0 Å². The first-order chi connectivity index (χ1) is 10.2. The Labute approximate surface area is 125 Å². The molecule has 0 saturated carbocycles. The minimum Gasteiger partial charge on any atom is -0.489 e. The fourth-order valence-electron chi connectivity index (χ4n) is 2.45. The first-order valence-corrected chi connectivity index (χ1v) is 7.19. The van der Waals surface area contributed by atoms with Crippen molar-refractivity contribution in [2.24, 2.45) is 5.73 Å². The molecule has 0 fully saturated rings. The number of hydrogen-bond acceptors (Lipinski definition) is 2. The molecule has 0 bridgehead atoms. The third-order valence-corrected chi connectivity index (χ3v) is 3.68. The number of benzene rings is 3. The minimum absolute atomic E-state index is 0.0529. The highest BCUT2D eigenvalue weighted by atomic mass is 16.5. The van der Waals surface area contributed by atoms with Crippen molar-refractivity contribution in [2.75, 3.05) is 0 Å². The van der Waals surface area contributed by atoms with E-state index in [1.165, 1.54) is 16.3 Å². The standard InChI is InChI=1S/C19H19NO/c1-14(20)15-9-11-18(12-10-15)21-13-17-7-4-6-16-5-2-3-8-19(16)17/h2-12,14H,13,20H2,1H3/t14-/m0/s1. The Balaban J connectivity index is 1.77. The van der Waals surface area contributed by atoms with Crippen LogP contribution in [-0.2, 0) is 6.61 Å². The summed E-state index contributed by atoms with van der Waals surface area (Å²) in [6.45, 7) is 2.55. The molecule has 2 nitrogen and oxygen atoms in total. The van der Waals surface area contributed by atoms with Crippen LogP contribution in [0.3, 0.4) is 0 Å². The van der Waals surface area contributed by atoms with Gasteiger partial charge in [-0.3, -0.25) is 0 Å². The van der Waals surface area contributed by atoms with E-state index in [0.29, 0.717) is 6.61 Å². The van der Waals surface area contributed by atoms with E-state index in [0.717, 1.165) is 11.3 Å². The van der Waals surface area contributed by atoms with E-state index in [-0.39, 0.29) is 6.04 Å². The highest BCUT2D eigenvalue weighted by Gasteiger charge is 2.03. The molecule has 3 aromatic rings. The lowest BCUT2D eigenvalue weighted by atomic mass is 10.1. The quantitative estimate of drug-likeness (QED) is 0.765. The summed E-state index contributed by atoms with van der Waals surface area (Å²) < 4.78 is 5.89. The maximum absolute atomic E-state index is 5.89. The lowest BCUT2D eigenvalue weighted by molar-refractivity contribution is 0.307. The largest absolute Gasteiger partial charge is 0.489 e. The van der Waals surface area contributed by atoms with Gasteiger partial charge < -0.3 is 10.5 Å². The molecule has 0 aliphatic heterocycles. The van der Waals surface area contributed by atoms with Crippen molar-refractivity contribution in [3.8, 4) is 5.75 Å². The predicted octanol–water partition coefficient (Wildman–Crippen LogP) is 4.44. The van der Waals surface area contributed by atoms with Gasteiger partial charge in [-0.15, -0.1) is 0 Å². The van der Waals surface area contributed by atoms with Gasteiger partial charge in [0.2, 0.25) is 0 Å². The van der Waals surface area contributed by atoms with E-state index >= 15 is 0 Å². The normalized spacial score (nSPS) is 12.3. The third-order valence-electron chi connectivity index (χ3n) is 3.68. The molecular weight excluding hydrogens is 258 g/mol. The van der Waals surface area contributed by atoms with E-state index in [4.69, 9.17) is 10.5 Å². The van der Waals surface area contributed by atoms with Gasteiger partial charge in [0.05, 0.1) is 0 Å². The third kappa shape index (κ3) is 3.06. The van der Waals surface area contributed by atoms with Crippen molar-refractivity contribution in [1.29, 1.82) is 0 Å². The van der Waals surface area contributed by atoms with Gasteiger partial charge in [0.15, 0.2) is 0 Å². The molecule has 0 aliphatic rings. The summed E-state index contributed by atoms with van der Waals surface area (Å²) in [5.74, 6) is 0.868. The van der Waals surface area contributed by atoms with E-state index in [1.807, 2.05) is 31.2 Å². The van der Waals surface area contributed by atoms with Gasteiger partial charge in [0.25, 0.3) is 0 Å². The molecule has 3 aromatic carbocycles. The average Bonchev–Trinajstić information content (AvgIpc) is 2.53. The summed E-state index contributed by atoms with van der Waals surface area (Å²) in [4.78, 5) is 0. The molecule has 0 saturated heterocycles. The van der Waals surface area contributed by atoms with Crippen molar-refractivity contribution >= 4 is 10.8 Å².